The molecule has 4 rings (SSSR count). The number of hydrogen-bond acceptors (Lipinski definition) is 7. The predicted octanol–water partition coefficient (Wildman–Crippen LogP) is 3.81. The summed E-state index contributed by atoms with van der Waals surface area (Å²) >= 11 is 0. The van der Waals surface area contributed by atoms with Crippen LogP contribution >= 0.6 is 0 Å². The van der Waals surface area contributed by atoms with Crippen LogP contribution < -0.4 is 14.2 Å². The van der Waals surface area contributed by atoms with Crippen LogP contribution in [0.4, 0.5) is 0 Å². The fourth-order valence-corrected chi connectivity index (χ4v) is 4.02. The van der Waals surface area contributed by atoms with Crippen molar-refractivity contribution in [3.05, 3.63) is 78.0 Å². The summed E-state index contributed by atoms with van der Waals surface area (Å²) in [6.45, 7) is 2.72. The molecule has 2 aromatic carbocycles. The molecule has 0 N–H and O–H groups in total. The molecule has 200 valence electrons. The van der Waals surface area contributed by atoms with E-state index in [9.17, 15) is 9.59 Å². The molecule has 0 bridgehead atoms. The molecule has 2 amide bonds. The molecular formula is C29H34N4O5. The molecule has 1 aliphatic heterocycles. The van der Waals surface area contributed by atoms with Crippen LogP contribution in [0.25, 0.3) is 0 Å². The Morgan fingerprint density at radius 3 is 2.66 bits per heavy atom. The first kappa shape index (κ1) is 26.9. The number of amides is 2. The number of aromatic nitrogens is 1. The van der Waals surface area contributed by atoms with Gasteiger partial charge in [-0.3, -0.25) is 9.59 Å². The lowest BCUT2D eigenvalue weighted by molar-refractivity contribution is 0.0669. The van der Waals surface area contributed by atoms with Crippen LogP contribution in [0.2, 0.25) is 0 Å². The van der Waals surface area contributed by atoms with E-state index in [1.165, 1.54) is 0 Å². The molecule has 0 saturated heterocycles. The number of benzene rings is 2. The van der Waals surface area contributed by atoms with E-state index >= 15 is 0 Å². The maximum absolute atomic E-state index is 13.6. The predicted molar refractivity (Wildman–Crippen MR) is 144 cm³/mol. The minimum Gasteiger partial charge on any atom is -0.494 e. The number of nitrogens with zero attached hydrogens (tertiary/aromatic N) is 4. The third-order valence-electron chi connectivity index (χ3n) is 6.11. The third-order valence-corrected chi connectivity index (χ3v) is 6.11. The molecular weight excluding hydrogens is 484 g/mol. The SMILES string of the molecule is CN(C)CCCOc1cccc(C(=O)N2CCOc3ccccc3Oc3ncccc3C(=O)N(C)CC2)c1. The summed E-state index contributed by atoms with van der Waals surface area (Å²) in [5, 5.41) is 0. The van der Waals surface area contributed by atoms with Gasteiger partial charge in [0.2, 0.25) is 5.88 Å². The van der Waals surface area contributed by atoms with Crippen molar-refractivity contribution in [2.24, 2.45) is 0 Å². The molecule has 1 aromatic heterocycles. The van der Waals surface area contributed by atoms with Crippen molar-refractivity contribution >= 4 is 11.8 Å². The Balaban J connectivity index is 1.54. The van der Waals surface area contributed by atoms with Crippen molar-refractivity contribution in [3.63, 3.8) is 0 Å². The summed E-state index contributed by atoms with van der Waals surface area (Å²) < 4.78 is 17.9. The molecule has 0 fully saturated rings. The first-order valence-electron chi connectivity index (χ1n) is 12.7. The van der Waals surface area contributed by atoms with Crippen LogP contribution in [0.5, 0.6) is 23.1 Å². The van der Waals surface area contributed by atoms with Crippen molar-refractivity contribution in [2.45, 2.75) is 6.42 Å². The number of para-hydroxylation sites is 2. The third kappa shape index (κ3) is 7.01. The molecule has 0 radical (unpaired) electrons. The van der Waals surface area contributed by atoms with Gasteiger partial charge in [0.05, 0.1) is 13.2 Å². The van der Waals surface area contributed by atoms with Gasteiger partial charge in [-0.25, -0.2) is 4.98 Å². The number of pyridine rings is 1. The van der Waals surface area contributed by atoms with E-state index in [2.05, 4.69) is 9.88 Å². The van der Waals surface area contributed by atoms with Crippen molar-refractivity contribution in [1.82, 2.24) is 19.7 Å². The highest BCUT2D eigenvalue weighted by Gasteiger charge is 2.23. The zero-order chi connectivity index (χ0) is 26.9. The Morgan fingerprint density at radius 1 is 1.03 bits per heavy atom. The topological polar surface area (TPSA) is 84.4 Å². The van der Waals surface area contributed by atoms with Crippen LogP contribution in [0.3, 0.4) is 0 Å². The second kappa shape index (κ2) is 12.9. The van der Waals surface area contributed by atoms with E-state index in [1.54, 1.807) is 59.4 Å². The monoisotopic (exact) mass is 518 g/mol. The first-order chi connectivity index (χ1) is 18.4. The molecule has 0 spiro atoms. The van der Waals surface area contributed by atoms with Crippen LogP contribution in [-0.4, -0.2) is 92.0 Å². The van der Waals surface area contributed by atoms with E-state index in [1.807, 2.05) is 38.4 Å². The summed E-state index contributed by atoms with van der Waals surface area (Å²) in [6, 6.07) is 17.8. The van der Waals surface area contributed by atoms with Gasteiger partial charge in [0, 0.05) is 38.4 Å². The van der Waals surface area contributed by atoms with E-state index in [0.717, 1.165) is 13.0 Å². The zero-order valence-electron chi connectivity index (χ0n) is 22.1. The van der Waals surface area contributed by atoms with Gasteiger partial charge >= 0.3 is 0 Å². The smallest absolute Gasteiger partial charge is 0.259 e. The Labute approximate surface area is 223 Å². The lowest BCUT2D eigenvalue weighted by Crippen LogP contribution is -2.41. The molecule has 0 saturated carbocycles. The summed E-state index contributed by atoms with van der Waals surface area (Å²) in [5.74, 6) is 1.40. The average molecular weight is 519 g/mol. The highest BCUT2D eigenvalue weighted by atomic mass is 16.5. The lowest BCUT2D eigenvalue weighted by Gasteiger charge is -2.26. The standard InChI is InChI=1S/C29H34N4O5/c1-31(2)15-8-19-36-23-10-6-9-22(21-23)28(34)33-17-16-32(3)29(35)24-11-7-14-30-27(24)38-26-13-5-4-12-25(26)37-20-18-33/h4-7,9-14,21H,8,15-20H2,1-3H3. The maximum Gasteiger partial charge on any atom is 0.259 e. The van der Waals surface area contributed by atoms with Gasteiger partial charge in [-0.05, 0) is 63.0 Å². The van der Waals surface area contributed by atoms with Crippen LogP contribution in [0, 0.1) is 0 Å². The van der Waals surface area contributed by atoms with Crippen LogP contribution in [0.15, 0.2) is 66.9 Å². The Hall–Kier alpha value is -4.11. The number of likely N-dealkylation sites (N-methyl/N-ethyl adjacent to an activating group) is 1. The minimum absolute atomic E-state index is 0.158. The zero-order valence-corrected chi connectivity index (χ0v) is 22.1. The molecule has 0 aliphatic carbocycles. The molecule has 2 heterocycles. The van der Waals surface area contributed by atoms with E-state index in [-0.39, 0.29) is 24.3 Å². The largest absolute Gasteiger partial charge is 0.494 e. The molecule has 0 atom stereocenters. The summed E-state index contributed by atoms with van der Waals surface area (Å²) in [5.41, 5.74) is 0.854. The van der Waals surface area contributed by atoms with Gasteiger partial charge in [0.15, 0.2) is 11.5 Å². The van der Waals surface area contributed by atoms with Gasteiger partial charge in [0.1, 0.15) is 17.9 Å². The molecule has 1 aliphatic rings. The fourth-order valence-electron chi connectivity index (χ4n) is 4.02. The van der Waals surface area contributed by atoms with Crippen molar-refractivity contribution in [3.8, 4) is 23.1 Å². The minimum atomic E-state index is -0.244. The van der Waals surface area contributed by atoms with Gasteiger partial charge in [0.25, 0.3) is 11.8 Å². The second-order valence-corrected chi connectivity index (χ2v) is 9.31. The Morgan fingerprint density at radius 2 is 1.84 bits per heavy atom. The normalized spacial score (nSPS) is 14.3. The Bertz CT molecular complexity index is 1250. The van der Waals surface area contributed by atoms with E-state index < -0.39 is 0 Å². The van der Waals surface area contributed by atoms with E-state index in [0.29, 0.717) is 54.6 Å². The van der Waals surface area contributed by atoms with Gasteiger partial charge in [-0.2, -0.15) is 0 Å². The van der Waals surface area contributed by atoms with Crippen molar-refractivity contribution in [1.29, 1.82) is 0 Å². The van der Waals surface area contributed by atoms with E-state index in [4.69, 9.17) is 14.2 Å². The first-order valence-corrected chi connectivity index (χ1v) is 12.7. The summed E-state index contributed by atoms with van der Waals surface area (Å²) in [6.07, 6.45) is 2.47. The lowest BCUT2D eigenvalue weighted by atomic mass is 10.2. The highest BCUT2D eigenvalue weighted by Crippen LogP contribution is 2.32. The molecule has 9 nitrogen and oxygen atoms in total. The molecule has 9 heteroatoms. The molecule has 3 aromatic rings. The second-order valence-electron chi connectivity index (χ2n) is 9.31. The number of rotatable bonds is 6. The quantitative estimate of drug-likeness (QED) is 0.459. The number of fused-ring (bicyclic) bond motifs is 2. The molecule has 38 heavy (non-hydrogen) atoms. The Kier molecular flexibility index (Phi) is 9.16. The van der Waals surface area contributed by atoms with Gasteiger partial charge in [-0.15, -0.1) is 0 Å². The number of carbonyl (C=O) groups is 2. The average Bonchev–Trinajstić information content (AvgIpc) is 2.93. The summed E-state index contributed by atoms with van der Waals surface area (Å²) in [7, 11) is 5.75. The van der Waals surface area contributed by atoms with Gasteiger partial charge in [-0.1, -0.05) is 18.2 Å². The van der Waals surface area contributed by atoms with Crippen LogP contribution in [0.1, 0.15) is 27.1 Å². The van der Waals surface area contributed by atoms with Crippen molar-refractivity contribution < 1.29 is 23.8 Å². The number of carbonyl (C=O) groups excluding carboxylic acids is 2. The maximum atomic E-state index is 13.6. The van der Waals surface area contributed by atoms with Crippen molar-refractivity contribution in [2.75, 3.05) is 60.5 Å². The number of ether oxygens (including phenoxy) is 3. The van der Waals surface area contributed by atoms with Crippen LogP contribution in [-0.2, 0) is 0 Å². The highest BCUT2D eigenvalue weighted by molar-refractivity contribution is 5.96. The number of hydrogen-bond donors (Lipinski definition) is 0. The molecule has 0 unspecified atom stereocenters. The fraction of sp³-hybridized carbons (Fsp3) is 0.345. The van der Waals surface area contributed by atoms with Gasteiger partial charge < -0.3 is 28.9 Å². The summed E-state index contributed by atoms with van der Waals surface area (Å²) in [4.78, 5) is 36.5.